The Morgan fingerprint density at radius 2 is 1.44 bits per heavy atom. The van der Waals surface area contributed by atoms with Crippen molar-refractivity contribution < 1.29 is 47.6 Å². The second-order valence-corrected chi connectivity index (χ2v) is 18.5. The number of halogens is 2. The van der Waals surface area contributed by atoms with Crippen LogP contribution in [0.25, 0.3) is 8.85 Å². The molecule has 0 nitrogen and oxygen atoms in total. The largest absolute Gasteiger partial charge is 1.00 e. The van der Waals surface area contributed by atoms with Crippen molar-refractivity contribution in [2.75, 3.05) is 0 Å². The molecule has 0 spiro atoms. The molecule has 0 N–H and O–H groups in total. The third-order valence-corrected chi connectivity index (χ3v) is 14.3. The molecule has 1 unspecified atom stereocenters. The summed E-state index contributed by atoms with van der Waals surface area (Å²) in [4.78, 5) is 0. The molecule has 0 bridgehead atoms. The van der Waals surface area contributed by atoms with Crippen LogP contribution in [0.15, 0.2) is 120 Å². The van der Waals surface area contributed by atoms with Crippen molar-refractivity contribution in [2.45, 2.75) is 92.9 Å². The molecule has 3 aliphatic carbocycles. The van der Waals surface area contributed by atoms with Gasteiger partial charge in [0.05, 0.1) is 0 Å². The van der Waals surface area contributed by atoms with Crippen LogP contribution in [0.3, 0.4) is 0 Å². The summed E-state index contributed by atoms with van der Waals surface area (Å²) in [7, 11) is 0. The maximum Gasteiger partial charge on any atom is -1.00 e. The molecule has 3 aromatic rings. The quantitative estimate of drug-likeness (QED) is 0.325. The molecule has 3 heteroatoms. The van der Waals surface area contributed by atoms with E-state index in [1.54, 1.807) is 17.6 Å². The zero-order valence-electron chi connectivity index (χ0n) is 30.1. The van der Waals surface area contributed by atoms with Crippen LogP contribution in [0.4, 0.5) is 0 Å². The number of benzene rings is 3. The van der Waals surface area contributed by atoms with E-state index in [9.17, 15) is 0 Å². The Morgan fingerprint density at radius 1 is 0.812 bits per heavy atom. The van der Waals surface area contributed by atoms with E-state index in [1.165, 1.54) is 43.8 Å². The molecule has 3 aliphatic rings. The zero-order valence-corrected chi connectivity index (χ0v) is 34.1. The number of hydrogen-bond acceptors (Lipinski definition) is 0. The van der Waals surface area contributed by atoms with E-state index in [2.05, 4.69) is 159 Å². The summed E-state index contributed by atoms with van der Waals surface area (Å²) in [6.45, 7) is 19.3. The SMILES string of the molecule is CCCc1cc(C(C)(C)C)cc2c1=C1C=CC(CCC)(C(C)(C)C)C(C3=CC=CC3)=C1[C]=2[Zr+2]=[C](c1ccccc1)c1ccccc1.[Cl-].[Cl-]. The first kappa shape index (κ1) is 38.5. The number of aryl methyl sites for hydroxylation is 1. The summed E-state index contributed by atoms with van der Waals surface area (Å²) in [6.07, 6.45) is 17.9. The summed E-state index contributed by atoms with van der Waals surface area (Å²) in [5.74, 6) is 0. The van der Waals surface area contributed by atoms with Gasteiger partial charge in [-0.05, 0) is 0 Å². The van der Waals surface area contributed by atoms with Gasteiger partial charge in [-0.15, -0.1) is 0 Å². The van der Waals surface area contributed by atoms with E-state index in [0.29, 0.717) is 0 Å². The molecule has 1 atom stereocenters. The van der Waals surface area contributed by atoms with Gasteiger partial charge in [0.25, 0.3) is 0 Å². The fourth-order valence-electron chi connectivity index (χ4n) is 7.93. The number of rotatable bonds is 8. The van der Waals surface area contributed by atoms with Crippen LogP contribution in [-0.2, 0) is 34.6 Å². The molecule has 0 saturated carbocycles. The van der Waals surface area contributed by atoms with E-state index >= 15 is 0 Å². The van der Waals surface area contributed by atoms with E-state index in [0.717, 1.165) is 32.1 Å². The Kier molecular flexibility index (Phi) is 12.3. The van der Waals surface area contributed by atoms with Crippen LogP contribution >= 0.6 is 0 Å². The van der Waals surface area contributed by atoms with Gasteiger partial charge in [0, 0.05) is 0 Å². The van der Waals surface area contributed by atoms with Crippen molar-refractivity contribution in [1.29, 1.82) is 0 Å². The van der Waals surface area contributed by atoms with Gasteiger partial charge in [0.15, 0.2) is 0 Å². The molecule has 3 aromatic carbocycles. The van der Waals surface area contributed by atoms with Crippen LogP contribution in [0, 0.1) is 10.8 Å². The predicted octanol–water partition coefficient (Wildman–Crippen LogP) is 4.15. The van der Waals surface area contributed by atoms with Gasteiger partial charge in [-0.1, -0.05) is 0 Å². The summed E-state index contributed by atoms with van der Waals surface area (Å²) in [5.41, 5.74) is 12.1. The second-order valence-electron chi connectivity index (χ2n) is 15.5. The fourth-order valence-corrected chi connectivity index (χ4v) is 11.8. The molecule has 0 amide bonds. The minimum absolute atomic E-state index is 0. The van der Waals surface area contributed by atoms with E-state index in [4.69, 9.17) is 0 Å². The van der Waals surface area contributed by atoms with Crippen molar-refractivity contribution in [3.8, 4) is 0 Å². The molecular formula is C45H51Cl2Zr. The zero-order chi connectivity index (χ0) is 32.7. The Hall–Kier alpha value is -2.31. The maximum atomic E-state index is 2.65. The molecule has 0 saturated heterocycles. The Bertz CT molecular complexity index is 1880. The number of hydrogen-bond donors (Lipinski definition) is 0. The standard InChI is InChI=1S/C32H41.C13H10.2ClH.Zr/c1-9-13-23-19-25(30(3,4)5)20-24-21-27-26(28(23)24)16-18-32(17-10-2,31(6,7)8)29(27)22-14-11-12-15-22;1-3-7-12(8-4-1)11-13-9-5-2-6-10-13;;;/h11-12,14,16,18-20H,9-10,13,15,17H2,1-8H3;1-10H;2*1H;/q;;;;+2/p-2. The monoisotopic (exact) mass is 751 g/mol. The van der Waals surface area contributed by atoms with Gasteiger partial charge < -0.3 is 24.8 Å². The van der Waals surface area contributed by atoms with Gasteiger partial charge in [0.1, 0.15) is 0 Å². The number of allylic oxidation sites excluding steroid dienone is 8. The Morgan fingerprint density at radius 3 is 1.94 bits per heavy atom. The Labute approximate surface area is 313 Å². The summed E-state index contributed by atoms with van der Waals surface area (Å²) in [6, 6.07) is 27.7. The first-order valence-electron chi connectivity index (χ1n) is 17.5. The van der Waals surface area contributed by atoms with E-state index < -0.39 is 22.8 Å². The molecule has 0 radical (unpaired) electrons. The van der Waals surface area contributed by atoms with Crippen LogP contribution in [0.2, 0.25) is 0 Å². The van der Waals surface area contributed by atoms with Gasteiger partial charge in [-0.2, -0.15) is 0 Å². The Balaban J connectivity index is 0.00000260. The summed E-state index contributed by atoms with van der Waals surface area (Å²) in [5, 5.41) is 3.06. The van der Waals surface area contributed by atoms with Crippen LogP contribution in [0.5, 0.6) is 0 Å². The maximum absolute atomic E-state index is 2.65. The molecule has 48 heavy (non-hydrogen) atoms. The average Bonchev–Trinajstić information content (AvgIpc) is 3.67. The van der Waals surface area contributed by atoms with Crippen LogP contribution in [0.1, 0.15) is 103 Å². The average molecular weight is 754 g/mol. The van der Waals surface area contributed by atoms with Crippen LogP contribution < -0.4 is 35.3 Å². The van der Waals surface area contributed by atoms with Crippen molar-refractivity contribution in [3.05, 3.63) is 153 Å². The molecule has 0 heterocycles. The minimum atomic E-state index is -1.36. The second kappa shape index (κ2) is 15.3. The van der Waals surface area contributed by atoms with Gasteiger partial charge >= 0.3 is 291 Å². The van der Waals surface area contributed by atoms with E-state index in [1.807, 2.05) is 0 Å². The predicted molar refractivity (Wildman–Crippen MR) is 196 cm³/mol. The van der Waals surface area contributed by atoms with Crippen molar-refractivity contribution >= 4 is 12.1 Å². The smallest absolute Gasteiger partial charge is 1.00 e. The first-order valence-corrected chi connectivity index (χ1v) is 19.9. The summed E-state index contributed by atoms with van der Waals surface area (Å²) < 4.78 is 3.25. The summed E-state index contributed by atoms with van der Waals surface area (Å²) >= 11 is -1.36. The van der Waals surface area contributed by atoms with Gasteiger partial charge in [-0.25, -0.2) is 0 Å². The van der Waals surface area contributed by atoms with E-state index in [-0.39, 0.29) is 41.1 Å². The molecule has 249 valence electrons. The minimum Gasteiger partial charge on any atom is -1.00 e. The van der Waals surface area contributed by atoms with Crippen LogP contribution in [-0.4, -0.2) is 3.21 Å². The molecule has 6 rings (SSSR count). The molecular weight excluding hydrogens is 703 g/mol. The molecule has 0 aromatic heterocycles. The van der Waals surface area contributed by atoms with Gasteiger partial charge in [0.2, 0.25) is 0 Å². The topological polar surface area (TPSA) is 0 Å². The third-order valence-electron chi connectivity index (χ3n) is 10.3. The fraction of sp³-hybridized carbons (Fsp3) is 0.356. The third kappa shape index (κ3) is 7.00. The number of fused-ring (bicyclic) bond motifs is 2. The van der Waals surface area contributed by atoms with Crippen molar-refractivity contribution in [3.63, 3.8) is 0 Å². The molecule has 0 aliphatic heterocycles. The van der Waals surface area contributed by atoms with Gasteiger partial charge in [-0.3, -0.25) is 0 Å². The first-order chi connectivity index (χ1) is 22.0. The van der Waals surface area contributed by atoms with Crippen molar-refractivity contribution in [2.24, 2.45) is 10.8 Å². The molecule has 0 fully saturated rings. The van der Waals surface area contributed by atoms with Crippen molar-refractivity contribution in [1.82, 2.24) is 0 Å². The normalized spacial score (nSPS) is 18.1.